The van der Waals surface area contributed by atoms with E-state index < -0.39 is 9.84 Å². The molecule has 0 aromatic heterocycles. The van der Waals surface area contributed by atoms with Gasteiger partial charge in [-0.15, -0.1) is 0 Å². The van der Waals surface area contributed by atoms with Gasteiger partial charge in [-0.05, 0) is 42.3 Å². The fourth-order valence-electron chi connectivity index (χ4n) is 1.81. The van der Waals surface area contributed by atoms with Gasteiger partial charge in [0, 0.05) is 10.7 Å². The molecule has 0 fully saturated rings. The number of hydrogen-bond acceptors (Lipinski definition) is 3. The third kappa shape index (κ3) is 3.08. The van der Waals surface area contributed by atoms with Crippen LogP contribution in [0.25, 0.3) is 0 Å². The SMILES string of the molecule is Cc1c(N)cccc1CS(=O)(=O)c1cccc(Cl)c1. The van der Waals surface area contributed by atoms with E-state index in [0.717, 1.165) is 5.56 Å². The summed E-state index contributed by atoms with van der Waals surface area (Å²) in [5, 5.41) is 0.408. The highest BCUT2D eigenvalue weighted by Gasteiger charge is 2.17. The molecule has 3 nitrogen and oxygen atoms in total. The van der Waals surface area contributed by atoms with Gasteiger partial charge in [0.1, 0.15) is 0 Å². The van der Waals surface area contributed by atoms with Gasteiger partial charge in [-0.2, -0.15) is 0 Å². The molecule has 0 unspecified atom stereocenters. The Hall–Kier alpha value is -1.52. The summed E-state index contributed by atoms with van der Waals surface area (Å²) in [5.41, 5.74) is 7.89. The molecule has 0 amide bonds. The lowest BCUT2D eigenvalue weighted by Gasteiger charge is -2.09. The lowest BCUT2D eigenvalue weighted by molar-refractivity contribution is 0.595. The van der Waals surface area contributed by atoms with Crippen molar-refractivity contribution in [2.24, 2.45) is 0 Å². The fourth-order valence-corrected chi connectivity index (χ4v) is 3.54. The molecule has 0 saturated heterocycles. The van der Waals surface area contributed by atoms with Crippen LogP contribution in [0, 0.1) is 6.92 Å². The molecule has 0 aliphatic rings. The van der Waals surface area contributed by atoms with E-state index in [2.05, 4.69) is 0 Å². The Morgan fingerprint density at radius 3 is 2.53 bits per heavy atom. The first kappa shape index (κ1) is 13.9. The van der Waals surface area contributed by atoms with Crippen molar-refractivity contribution in [1.82, 2.24) is 0 Å². The average Bonchev–Trinajstić information content (AvgIpc) is 2.35. The minimum Gasteiger partial charge on any atom is -0.399 e. The molecule has 19 heavy (non-hydrogen) atoms. The fraction of sp³-hybridized carbons (Fsp3) is 0.143. The van der Waals surface area contributed by atoms with Crippen LogP contribution in [-0.2, 0) is 15.6 Å². The Kier molecular flexibility index (Phi) is 3.83. The molecule has 2 rings (SSSR count). The molecule has 2 aromatic rings. The molecule has 0 heterocycles. The minimum atomic E-state index is -3.42. The number of anilines is 1. The summed E-state index contributed by atoms with van der Waals surface area (Å²) in [4.78, 5) is 0.224. The zero-order valence-electron chi connectivity index (χ0n) is 10.4. The summed E-state index contributed by atoms with van der Waals surface area (Å²) in [6.45, 7) is 1.82. The maximum Gasteiger partial charge on any atom is 0.182 e. The standard InChI is InChI=1S/C14H14ClNO2S/c1-10-11(4-2-7-14(10)16)9-19(17,18)13-6-3-5-12(15)8-13/h2-8H,9,16H2,1H3. The van der Waals surface area contributed by atoms with Gasteiger partial charge in [-0.3, -0.25) is 0 Å². The largest absolute Gasteiger partial charge is 0.399 e. The first-order valence-electron chi connectivity index (χ1n) is 5.72. The zero-order valence-corrected chi connectivity index (χ0v) is 12.0. The van der Waals surface area contributed by atoms with Gasteiger partial charge in [0.25, 0.3) is 0 Å². The predicted molar refractivity (Wildman–Crippen MR) is 77.9 cm³/mol. The summed E-state index contributed by atoms with van der Waals surface area (Å²) in [5.74, 6) is -0.0792. The quantitative estimate of drug-likeness (QED) is 0.885. The number of benzene rings is 2. The van der Waals surface area contributed by atoms with Crippen LogP contribution in [0.15, 0.2) is 47.4 Å². The molecular weight excluding hydrogens is 282 g/mol. The maximum atomic E-state index is 12.3. The molecule has 0 aliphatic heterocycles. The van der Waals surface area contributed by atoms with Crippen molar-refractivity contribution in [2.75, 3.05) is 5.73 Å². The van der Waals surface area contributed by atoms with Gasteiger partial charge in [0.05, 0.1) is 10.6 Å². The third-order valence-electron chi connectivity index (χ3n) is 2.99. The van der Waals surface area contributed by atoms with E-state index in [9.17, 15) is 8.42 Å². The second-order valence-electron chi connectivity index (χ2n) is 4.35. The van der Waals surface area contributed by atoms with Gasteiger partial charge >= 0.3 is 0 Å². The highest BCUT2D eigenvalue weighted by molar-refractivity contribution is 7.90. The number of nitrogen functional groups attached to an aromatic ring is 1. The molecule has 5 heteroatoms. The second-order valence-corrected chi connectivity index (χ2v) is 6.77. The van der Waals surface area contributed by atoms with Crippen LogP contribution < -0.4 is 5.73 Å². The molecule has 0 saturated carbocycles. The van der Waals surface area contributed by atoms with Crippen LogP contribution in [0.1, 0.15) is 11.1 Å². The first-order chi connectivity index (χ1) is 8.90. The van der Waals surface area contributed by atoms with Gasteiger partial charge < -0.3 is 5.73 Å². The van der Waals surface area contributed by atoms with E-state index in [1.165, 1.54) is 6.07 Å². The second kappa shape index (κ2) is 5.23. The van der Waals surface area contributed by atoms with Gasteiger partial charge in [0.15, 0.2) is 9.84 Å². The topological polar surface area (TPSA) is 60.2 Å². The number of halogens is 1. The van der Waals surface area contributed by atoms with E-state index in [-0.39, 0.29) is 10.6 Å². The van der Waals surface area contributed by atoms with Crippen molar-refractivity contribution >= 4 is 27.1 Å². The lowest BCUT2D eigenvalue weighted by atomic mass is 10.1. The van der Waals surface area contributed by atoms with Crippen molar-refractivity contribution in [2.45, 2.75) is 17.6 Å². The Balaban J connectivity index is 2.39. The molecule has 0 radical (unpaired) electrons. The van der Waals surface area contributed by atoms with Crippen molar-refractivity contribution in [3.05, 3.63) is 58.6 Å². The zero-order chi connectivity index (χ0) is 14.0. The molecule has 2 aromatic carbocycles. The summed E-state index contributed by atoms with van der Waals surface area (Å²) >= 11 is 5.83. The summed E-state index contributed by atoms with van der Waals surface area (Å²) in [6, 6.07) is 11.6. The minimum absolute atomic E-state index is 0.0792. The predicted octanol–water partition coefficient (Wildman–Crippen LogP) is 3.20. The summed E-state index contributed by atoms with van der Waals surface area (Å²) in [7, 11) is -3.42. The molecular formula is C14H14ClNO2S. The smallest absolute Gasteiger partial charge is 0.182 e. The number of nitrogens with two attached hydrogens (primary N) is 1. The van der Waals surface area contributed by atoms with E-state index in [1.54, 1.807) is 36.4 Å². The van der Waals surface area contributed by atoms with Crippen LogP contribution in [-0.4, -0.2) is 8.42 Å². The Bertz CT molecular complexity index is 711. The van der Waals surface area contributed by atoms with Crippen LogP contribution in [0.2, 0.25) is 5.02 Å². The van der Waals surface area contributed by atoms with E-state index in [0.29, 0.717) is 16.3 Å². The van der Waals surface area contributed by atoms with Crippen molar-refractivity contribution < 1.29 is 8.42 Å². The third-order valence-corrected chi connectivity index (χ3v) is 4.89. The highest BCUT2D eigenvalue weighted by Crippen LogP contribution is 2.23. The van der Waals surface area contributed by atoms with Crippen LogP contribution in [0.5, 0.6) is 0 Å². The van der Waals surface area contributed by atoms with Gasteiger partial charge in [0.2, 0.25) is 0 Å². The Labute approximate surface area is 117 Å². The maximum absolute atomic E-state index is 12.3. The molecule has 0 spiro atoms. The molecule has 0 bridgehead atoms. The number of hydrogen-bond donors (Lipinski definition) is 1. The highest BCUT2D eigenvalue weighted by atomic mass is 35.5. The van der Waals surface area contributed by atoms with Gasteiger partial charge in [-0.25, -0.2) is 8.42 Å². The van der Waals surface area contributed by atoms with Crippen LogP contribution in [0.4, 0.5) is 5.69 Å². The van der Waals surface area contributed by atoms with E-state index >= 15 is 0 Å². The van der Waals surface area contributed by atoms with Crippen molar-refractivity contribution in [1.29, 1.82) is 0 Å². The number of rotatable bonds is 3. The van der Waals surface area contributed by atoms with E-state index in [4.69, 9.17) is 17.3 Å². The Morgan fingerprint density at radius 2 is 1.84 bits per heavy atom. The van der Waals surface area contributed by atoms with Crippen molar-refractivity contribution in [3.8, 4) is 0 Å². The molecule has 100 valence electrons. The Morgan fingerprint density at radius 1 is 1.16 bits per heavy atom. The normalized spacial score (nSPS) is 11.5. The summed E-state index contributed by atoms with van der Waals surface area (Å²) in [6.07, 6.45) is 0. The monoisotopic (exact) mass is 295 g/mol. The number of sulfone groups is 1. The van der Waals surface area contributed by atoms with E-state index in [1.807, 2.05) is 6.92 Å². The van der Waals surface area contributed by atoms with Crippen molar-refractivity contribution in [3.63, 3.8) is 0 Å². The molecule has 0 atom stereocenters. The average molecular weight is 296 g/mol. The van der Waals surface area contributed by atoms with Gasteiger partial charge in [-0.1, -0.05) is 29.8 Å². The summed E-state index contributed by atoms with van der Waals surface area (Å²) < 4.78 is 24.6. The van der Waals surface area contributed by atoms with Crippen LogP contribution in [0.3, 0.4) is 0 Å². The molecule has 0 aliphatic carbocycles. The van der Waals surface area contributed by atoms with Crippen LogP contribution >= 0.6 is 11.6 Å². The lowest BCUT2D eigenvalue weighted by Crippen LogP contribution is -2.07. The molecule has 2 N–H and O–H groups in total. The first-order valence-corrected chi connectivity index (χ1v) is 7.75.